The maximum atomic E-state index is 12.6. The molecule has 2 unspecified atom stereocenters. The van der Waals surface area contributed by atoms with Crippen molar-refractivity contribution in [1.82, 2.24) is 14.7 Å². The summed E-state index contributed by atoms with van der Waals surface area (Å²) in [5.41, 5.74) is 0. The van der Waals surface area contributed by atoms with Gasteiger partial charge in [0.25, 0.3) is 0 Å². The molecule has 1 aliphatic carbocycles. The van der Waals surface area contributed by atoms with Gasteiger partial charge < -0.3 is 14.4 Å². The number of carbonyl (C=O) groups excluding carboxylic acids is 2. The van der Waals surface area contributed by atoms with Gasteiger partial charge in [0.15, 0.2) is 0 Å². The van der Waals surface area contributed by atoms with Gasteiger partial charge in [-0.25, -0.2) is 4.79 Å². The van der Waals surface area contributed by atoms with Crippen LogP contribution in [0.4, 0.5) is 4.79 Å². The molecule has 2 amide bonds. The predicted octanol–water partition coefficient (Wildman–Crippen LogP) is 1.03. The topological polar surface area (TPSA) is 62.3 Å². The Balaban J connectivity index is 1.35. The molecule has 3 heterocycles. The zero-order valence-electron chi connectivity index (χ0n) is 16.1. The first kappa shape index (κ1) is 18.0. The van der Waals surface area contributed by atoms with E-state index in [0.717, 1.165) is 39.0 Å². The molecule has 3 saturated heterocycles. The highest BCUT2D eigenvalue weighted by Gasteiger charge is 2.61. The zero-order chi connectivity index (χ0) is 18.4. The summed E-state index contributed by atoms with van der Waals surface area (Å²) in [6.07, 6.45) is 1.66. The van der Waals surface area contributed by atoms with Gasteiger partial charge in [-0.05, 0) is 38.5 Å². The summed E-state index contributed by atoms with van der Waals surface area (Å²) in [5.74, 6) is 1.69. The van der Waals surface area contributed by atoms with Gasteiger partial charge in [-0.1, -0.05) is 0 Å². The number of hydrogen-bond acceptors (Lipinski definition) is 5. The van der Waals surface area contributed by atoms with E-state index in [1.54, 1.807) is 0 Å². The second kappa shape index (κ2) is 7.00. The van der Waals surface area contributed by atoms with E-state index in [9.17, 15) is 9.59 Å². The van der Waals surface area contributed by atoms with Crippen LogP contribution in [0.5, 0.6) is 0 Å². The molecule has 2 bridgehead atoms. The number of nitrogens with zero attached hydrogens (tertiary/aromatic N) is 3. The van der Waals surface area contributed by atoms with Crippen molar-refractivity contribution in [2.45, 2.75) is 44.8 Å². The fourth-order valence-electron chi connectivity index (χ4n) is 5.56. The average Bonchev–Trinajstić information content (AvgIpc) is 3.14. The molecule has 0 spiro atoms. The van der Waals surface area contributed by atoms with Crippen molar-refractivity contribution in [2.24, 2.45) is 17.8 Å². The van der Waals surface area contributed by atoms with E-state index in [-0.39, 0.29) is 24.1 Å². The Hall–Kier alpha value is -1.34. The number of hydrogen-bond donors (Lipinski definition) is 0. The molecule has 26 heavy (non-hydrogen) atoms. The lowest BCUT2D eigenvalue weighted by Crippen LogP contribution is -2.62. The van der Waals surface area contributed by atoms with E-state index in [2.05, 4.69) is 18.7 Å². The molecule has 0 aromatic rings. The van der Waals surface area contributed by atoms with Crippen LogP contribution < -0.4 is 0 Å². The molecule has 7 nitrogen and oxygen atoms in total. The maximum Gasteiger partial charge on any atom is 0.410 e. The molecule has 7 heteroatoms. The van der Waals surface area contributed by atoms with Gasteiger partial charge in [0, 0.05) is 38.1 Å². The van der Waals surface area contributed by atoms with E-state index in [4.69, 9.17) is 9.47 Å². The van der Waals surface area contributed by atoms with E-state index >= 15 is 0 Å². The fraction of sp³-hybridized carbons (Fsp3) is 0.895. The maximum absolute atomic E-state index is 12.6. The Bertz CT molecular complexity index is 541. The van der Waals surface area contributed by atoms with E-state index in [0.29, 0.717) is 37.0 Å². The molecule has 0 radical (unpaired) electrons. The van der Waals surface area contributed by atoms with Crippen LogP contribution in [0.1, 0.15) is 26.7 Å². The Morgan fingerprint density at radius 3 is 2.12 bits per heavy atom. The minimum atomic E-state index is -0.226. The summed E-state index contributed by atoms with van der Waals surface area (Å²) in [7, 11) is 1.45. The third kappa shape index (κ3) is 2.89. The zero-order valence-corrected chi connectivity index (χ0v) is 16.1. The molecule has 0 aromatic heterocycles. The summed E-state index contributed by atoms with van der Waals surface area (Å²) in [6.45, 7) is 9.01. The minimum Gasteiger partial charge on any atom is -0.453 e. The Morgan fingerprint density at radius 1 is 1.04 bits per heavy atom. The first-order valence-electron chi connectivity index (χ1n) is 10.1. The van der Waals surface area contributed by atoms with E-state index in [1.807, 2.05) is 9.80 Å². The van der Waals surface area contributed by atoms with Gasteiger partial charge in [-0.15, -0.1) is 0 Å². The van der Waals surface area contributed by atoms with Gasteiger partial charge in [-0.3, -0.25) is 14.6 Å². The van der Waals surface area contributed by atoms with Crippen LogP contribution >= 0.6 is 0 Å². The SMILES string of the molecule is CCN(CC)C(=O)[C@H]1[C@@H]2CN(C3CC4COCC(C3)N4C(=O)OC)C[C@@H]21. The number of morpholine rings is 1. The van der Waals surface area contributed by atoms with Gasteiger partial charge in [0.05, 0.1) is 32.4 Å². The predicted molar refractivity (Wildman–Crippen MR) is 95.6 cm³/mol. The van der Waals surface area contributed by atoms with Crippen LogP contribution in [0.25, 0.3) is 0 Å². The second-order valence-electron chi connectivity index (χ2n) is 8.17. The molecule has 0 N–H and O–H groups in total. The van der Waals surface area contributed by atoms with Crippen LogP contribution in [0.2, 0.25) is 0 Å². The Morgan fingerprint density at radius 2 is 1.62 bits per heavy atom. The summed E-state index contributed by atoms with van der Waals surface area (Å²) in [5, 5.41) is 0. The highest BCUT2D eigenvalue weighted by Crippen LogP contribution is 2.53. The largest absolute Gasteiger partial charge is 0.453 e. The number of rotatable bonds is 4. The normalized spacial score (nSPS) is 38.7. The molecular weight excluding hydrogens is 334 g/mol. The quantitative estimate of drug-likeness (QED) is 0.745. The van der Waals surface area contributed by atoms with E-state index < -0.39 is 0 Å². The van der Waals surface area contributed by atoms with Crippen molar-refractivity contribution >= 4 is 12.0 Å². The van der Waals surface area contributed by atoms with Gasteiger partial charge >= 0.3 is 6.09 Å². The molecule has 5 atom stereocenters. The second-order valence-corrected chi connectivity index (χ2v) is 8.17. The van der Waals surface area contributed by atoms with Crippen LogP contribution in [-0.4, -0.2) is 91.3 Å². The van der Waals surface area contributed by atoms with Crippen molar-refractivity contribution < 1.29 is 19.1 Å². The highest BCUT2D eigenvalue weighted by atomic mass is 16.5. The monoisotopic (exact) mass is 365 g/mol. The summed E-state index contributed by atoms with van der Waals surface area (Å²) < 4.78 is 10.7. The summed E-state index contributed by atoms with van der Waals surface area (Å²) in [6, 6.07) is 0.724. The summed E-state index contributed by atoms with van der Waals surface area (Å²) in [4.78, 5) is 31.1. The standard InChI is InChI=1S/C19H31N3O4/c1-4-20(5-2)18(23)17-15-8-21(9-16(15)17)12-6-13-10-26-11-14(7-12)22(13)19(24)25-3/h12-17H,4-11H2,1-3H3/t12?,13?,14?,15-,16+,17+. The van der Waals surface area contributed by atoms with Crippen LogP contribution in [-0.2, 0) is 14.3 Å². The van der Waals surface area contributed by atoms with Gasteiger partial charge in [-0.2, -0.15) is 0 Å². The smallest absolute Gasteiger partial charge is 0.410 e. The molecule has 4 fully saturated rings. The van der Waals surface area contributed by atoms with Gasteiger partial charge in [0.1, 0.15) is 0 Å². The molecule has 1 saturated carbocycles. The average molecular weight is 365 g/mol. The molecule has 4 aliphatic rings. The molecule has 0 aromatic carbocycles. The number of amides is 2. The third-order valence-corrected chi connectivity index (χ3v) is 6.98. The Kier molecular flexibility index (Phi) is 4.86. The van der Waals surface area contributed by atoms with E-state index in [1.165, 1.54) is 7.11 Å². The van der Waals surface area contributed by atoms with Crippen molar-refractivity contribution in [1.29, 1.82) is 0 Å². The number of piperidine rings is 2. The summed E-state index contributed by atoms with van der Waals surface area (Å²) >= 11 is 0. The first-order valence-corrected chi connectivity index (χ1v) is 10.1. The number of carbonyl (C=O) groups is 2. The number of likely N-dealkylation sites (tertiary alicyclic amines) is 1. The van der Waals surface area contributed by atoms with Crippen molar-refractivity contribution in [3.8, 4) is 0 Å². The highest BCUT2D eigenvalue weighted by molar-refractivity contribution is 5.82. The minimum absolute atomic E-state index is 0.116. The molecule has 4 rings (SSSR count). The lowest BCUT2D eigenvalue weighted by molar-refractivity contribution is -0.133. The third-order valence-electron chi connectivity index (χ3n) is 6.98. The lowest BCUT2D eigenvalue weighted by atomic mass is 9.89. The van der Waals surface area contributed by atoms with Crippen LogP contribution in [0.15, 0.2) is 0 Å². The first-order chi connectivity index (χ1) is 12.6. The van der Waals surface area contributed by atoms with Crippen molar-refractivity contribution in [3.05, 3.63) is 0 Å². The van der Waals surface area contributed by atoms with Gasteiger partial charge in [0.2, 0.25) is 5.91 Å². The molecule has 3 aliphatic heterocycles. The van der Waals surface area contributed by atoms with Crippen LogP contribution in [0, 0.1) is 17.8 Å². The number of fused-ring (bicyclic) bond motifs is 3. The molecule has 146 valence electrons. The number of ether oxygens (including phenoxy) is 2. The lowest BCUT2D eigenvalue weighted by Gasteiger charge is -2.49. The Labute approximate surface area is 155 Å². The number of methoxy groups -OCH3 is 1. The van der Waals surface area contributed by atoms with Crippen LogP contribution in [0.3, 0.4) is 0 Å². The van der Waals surface area contributed by atoms with Crippen molar-refractivity contribution in [3.63, 3.8) is 0 Å². The fourth-order valence-corrected chi connectivity index (χ4v) is 5.56. The molecular formula is C19H31N3O4. The van der Waals surface area contributed by atoms with Crippen molar-refractivity contribution in [2.75, 3.05) is 46.5 Å².